The van der Waals surface area contributed by atoms with E-state index in [0.717, 1.165) is 25.2 Å². The number of anilines is 1. The van der Waals surface area contributed by atoms with Gasteiger partial charge in [-0.25, -0.2) is 4.39 Å². The molecular weight excluding hydrogens is 299 g/mol. The summed E-state index contributed by atoms with van der Waals surface area (Å²) in [5.74, 6) is 1.42. The van der Waals surface area contributed by atoms with Crippen molar-refractivity contribution in [3.05, 3.63) is 18.2 Å². The van der Waals surface area contributed by atoms with Gasteiger partial charge in [0.25, 0.3) is 0 Å². The fraction of sp³-hybridized carbons (Fsp3) is 0.588. The van der Waals surface area contributed by atoms with E-state index in [1.807, 2.05) is 18.2 Å². The molecule has 0 saturated carbocycles. The highest BCUT2D eigenvalue weighted by molar-refractivity contribution is 5.95. The van der Waals surface area contributed by atoms with Crippen LogP contribution in [-0.2, 0) is 4.79 Å². The predicted octanol–water partition coefficient (Wildman–Crippen LogP) is 2.24. The molecule has 1 aromatic carbocycles. The number of halogens is 1. The zero-order valence-corrected chi connectivity index (χ0v) is 13.5. The number of hydrogen-bond donors (Lipinski definition) is 0. The standard InChI is InChI=1S/C17H23FN2O3/c1-22-16-11-14(20-7-2-3-17(20)21)4-5-15(16)23-10-9-19-8-6-13(18)12-19/h4-5,11,13H,2-3,6-10,12H2,1H3. The SMILES string of the molecule is COc1cc(N2CCCC2=O)ccc1OCCN1CCC(F)C1. The Balaban J connectivity index is 1.59. The van der Waals surface area contributed by atoms with Crippen molar-refractivity contribution in [3.8, 4) is 11.5 Å². The van der Waals surface area contributed by atoms with E-state index in [1.54, 1.807) is 12.0 Å². The average molecular weight is 322 g/mol. The maximum Gasteiger partial charge on any atom is 0.227 e. The summed E-state index contributed by atoms with van der Waals surface area (Å²) in [7, 11) is 1.59. The average Bonchev–Trinajstić information content (AvgIpc) is 3.16. The molecule has 2 aliphatic rings. The Labute approximate surface area is 136 Å². The van der Waals surface area contributed by atoms with E-state index < -0.39 is 6.17 Å². The molecule has 0 radical (unpaired) electrons. The molecule has 3 rings (SSSR count). The highest BCUT2D eigenvalue weighted by Crippen LogP contribution is 2.33. The van der Waals surface area contributed by atoms with Crippen molar-refractivity contribution in [3.63, 3.8) is 0 Å². The van der Waals surface area contributed by atoms with E-state index in [1.165, 1.54) is 0 Å². The van der Waals surface area contributed by atoms with Gasteiger partial charge in [-0.15, -0.1) is 0 Å². The van der Waals surface area contributed by atoms with Crippen LogP contribution in [0, 0.1) is 0 Å². The zero-order valence-electron chi connectivity index (χ0n) is 13.5. The van der Waals surface area contributed by atoms with Crippen molar-refractivity contribution in [1.29, 1.82) is 0 Å². The minimum Gasteiger partial charge on any atom is -0.493 e. The number of benzene rings is 1. The third-order valence-corrected chi connectivity index (χ3v) is 4.41. The number of likely N-dealkylation sites (tertiary alicyclic amines) is 1. The predicted molar refractivity (Wildman–Crippen MR) is 86.0 cm³/mol. The van der Waals surface area contributed by atoms with Crippen LogP contribution < -0.4 is 14.4 Å². The molecule has 6 heteroatoms. The first-order chi connectivity index (χ1) is 11.2. The summed E-state index contributed by atoms with van der Waals surface area (Å²) in [4.78, 5) is 15.7. The number of methoxy groups -OCH3 is 1. The van der Waals surface area contributed by atoms with E-state index in [0.29, 0.717) is 44.0 Å². The summed E-state index contributed by atoms with van der Waals surface area (Å²) >= 11 is 0. The quantitative estimate of drug-likeness (QED) is 0.805. The lowest BCUT2D eigenvalue weighted by Gasteiger charge is -2.19. The Hall–Kier alpha value is -1.82. The monoisotopic (exact) mass is 322 g/mol. The number of alkyl halides is 1. The molecule has 1 unspecified atom stereocenters. The number of amides is 1. The molecule has 1 aromatic rings. The number of ether oxygens (including phenoxy) is 2. The van der Waals surface area contributed by atoms with Gasteiger partial charge in [0, 0.05) is 44.4 Å². The highest BCUT2D eigenvalue weighted by atomic mass is 19.1. The van der Waals surface area contributed by atoms with Crippen molar-refractivity contribution >= 4 is 11.6 Å². The van der Waals surface area contributed by atoms with Crippen LogP contribution in [0.3, 0.4) is 0 Å². The summed E-state index contributed by atoms with van der Waals surface area (Å²) in [6.07, 6.45) is 1.40. The van der Waals surface area contributed by atoms with E-state index in [9.17, 15) is 9.18 Å². The smallest absolute Gasteiger partial charge is 0.227 e. The molecule has 0 aliphatic carbocycles. The van der Waals surface area contributed by atoms with Gasteiger partial charge in [0.2, 0.25) is 5.91 Å². The lowest BCUT2D eigenvalue weighted by Crippen LogP contribution is -2.26. The summed E-state index contributed by atoms with van der Waals surface area (Å²) in [6.45, 7) is 3.23. The molecule has 1 atom stereocenters. The van der Waals surface area contributed by atoms with Crippen LogP contribution in [0.2, 0.25) is 0 Å². The number of carbonyl (C=O) groups is 1. The topological polar surface area (TPSA) is 42.0 Å². The van der Waals surface area contributed by atoms with Gasteiger partial charge >= 0.3 is 0 Å². The summed E-state index contributed by atoms with van der Waals surface area (Å²) in [5, 5.41) is 0. The van der Waals surface area contributed by atoms with Gasteiger partial charge in [-0.1, -0.05) is 0 Å². The zero-order chi connectivity index (χ0) is 16.2. The largest absolute Gasteiger partial charge is 0.493 e. The second-order valence-electron chi connectivity index (χ2n) is 6.02. The third kappa shape index (κ3) is 3.75. The lowest BCUT2D eigenvalue weighted by atomic mass is 10.2. The molecule has 2 fully saturated rings. The Morgan fingerprint density at radius 2 is 2.17 bits per heavy atom. The van der Waals surface area contributed by atoms with E-state index >= 15 is 0 Å². The molecule has 23 heavy (non-hydrogen) atoms. The molecule has 5 nitrogen and oxygen atoms in total. The molecule has 2 heterocycles. The first-order valence-electron chi connectivity index (χ1n) is 8.15. The van der Waals surface area contributed by atoms with Crippen molar-refractivity contribution in [2.75, 3.05) is 44.8 Å². The first kappa shape index (κ1) is 16.1. The van der Waals surface area contributed by atoms with Crippen LogP contribution >= 0.6 is 0 Å². The van der Waals surface area contributed by atoms with Gasteiger partial charge in [-0.05, 0) is 25.0 Å². The fourth-order valence-corrected chi connectivity index (χ4v) is 3.14. The molecule has 0 aromatic heterocycles. The number of nitrogens with zero attached hydrogens (tertiary/aromatic N) is 2. The Kier molecular flexibility index (Phi) is 5.00. The summed E-state index contributed by atoms with van der Waals surface area (Å²) < 4.78 is 24.3. The second-order valence-corrected chi connectivity index (χ2v) is 6.02. The van der Waals surface area contributed by atoms with Crippen LogP contribution in [0.4, 0.5) is 10.1 Å². The lowest BCUT2D eigenvalue weighted by molar-refractivity contribution is -0.117. The van der Waals surface area contributed by atoms with Crippen LogP contribution in [-0.4, -0.2) is 56.9 Å². The minimum absolute atomic E-state index is 0.149. The van der Waals surface area contributed by atoms with Crippen LogP contribution in [0.5, 0.6) is 11.5 Å². The van der Waals surface area contributed by atoms with Gasteiger partial charge in [0.1, 0.15) is 12.8 Å². The van der Waals surface area contributed by atoms with E-state index in [-0.39, 0.29) is 5.91 Å². The molecule has 0 bridgehead atoms. The number of hydrogen-bond acceptors (Lipinski definition) is 4. The van der Waals surface area contributed by atoms with Crippen molar-refractivity contribution in [1.82, 2.24) is 4.90 Å². The third-order valence-electron chi connectivity index (χ3n) is 4.41. The second kappa shape index (κ2) is 7.17. The number of rotatable bonds is 6. The Morgan fingerprint density at radius 1 is 1.30 bits per heavy atom. The maximum atomic E-state index is 13.1. The Bertz CT molecular complexity index is 567. The highest BCUT2D eigenvalue weighted by Gasteiger charge is 2.23. The molecule has 1 amide bonds. The van der Waals surface area contributed by atoms with Gasteiger partial charge < -0.3 is 14.4 Å². The van der Waals surface area contributed by atoms with E-state index in [2.05, 4.69) is 4.90 Å². The van der Waals surface area contributed by atoms with Gasteiger partial charge in [0.05, 0.1) is 7.11 Å². The molecule has 126 valence electrons. The summed E-state index contributed by atoms with van der Waals surface area (Å²) in [6, 6.07) is 5.56. The van der Waals surface area contributed by atoms with Gasteiger partial charge in [0.15, 0.2) is 11.5 Å². The Morgan fingerprint density at radius 3 is 2.83 bits per heavy atom. The molecule has 0 spiro atoms. The van der Waals surface area contributed by atoms with Gasteiger partial charge in [-0.2, -0.15) is 0 Å². The van der Waals surface area contributed by atoms with E-state index in [4.69, 9.17) is 9.47 Å². The summed E-state index contributed by atoms with van der Waals surface area (Å²) in [5.41, 5.74) is 0.844. The molecular formula is C17H23FN2O3. The van der Waals surface area contributed by atoms with Crippen LogP contribution in [0.15, 0.2) is 18.2 Å². The molecule has 2 saturated heterocycles. The van der Waals surface area contributed by atoms with Crippen molar-refractivity contribution < 1.29 is 18.7 Å². The van der Waals surface area contributed by atoms with Gasteiger partial charge in [-0.3, -0.25) is 9.69 Å². The normalized spacial score (nSPS) is 21.9. The van der Waals surface area contributed by atoms with Crippen molar-refractivity contribution in [2.24, 2.45) is 0 Å². The maximum absolute atomic E-state index is 13.1. The number of carbonyl (C=O) groups excluding carboxylic acids is 1. The first-order valence-corrected chi connectivity index (χ1v) is 8.15. The fourth-order valence-electron chi connectivity index (χ4n) is 3.14. The molecule has 2 aliphatic heterocycles. The van der Waals surface area contributed by atoms with Crippen LogP contribution in [0.1, 0.15) is 19.3 Å². The minimum atomic E-state index is -0.707. The van der Waals surface area contributed by atoms with Crippen molar-refractivity contribution in [2.45, 2.75) is 25.4 Å². The molecule has 0 N–H and O–H groups in total. The van der Waals surface area contributed by atoms with Crippen LogP contribution in [0.25, 0.3) is 0 Å².